The number of hydrogen-bond acceptors (Lipinski definition) is 8. The maximum atomic E-state index is 12.8. The van der Waals surface area contributed by atoms with E-state index in [9.17, 15) is 19.5 Å². The summed E-state index contributed by atoms with van der Waals surface area (Å²) in [7, 11) is 0. The van der Waals surface area contributed by atoms with Gasteiger partial charge in [0, 0.05) is 29.6 Å². The smallest absolute Gasteiger partial charge is 0.407 e. The standard InChI is InChI=1S/C31H38N2O5S2/c1-19(22-18-39-28(27(22)36)20-10-12-21(13-11-20)30(2,3)4)33-17-24(35)26-15-14-25(40-26)23(34)9-8-16-32-29(37)38-31(5,6)7/h10-15,18,36H,8-9,16-17H2,1-7H3,(H,32,37). The number of nitrogens with zero attached hydrogens (tertiary/aromatic N) is 1. The predicted octanol–water partition coefficient (Wildman–Crippen LogP) is 7.66. The summed E-state index contributed by atoms with van der Waals surface area (Å²) in [4.78, 5) is 43.1. The first-order chi connectivity index (χ1) is 18.7. The molecule has 0 spiro atoms. The van der Waals surface area contributed by atoms with Gasteiger partial charge in [-0.05, 0) is 62.8 Å². The van der Waals surface area contributed by atoms with Crippen LogP contribution in [-0.2, 0) is 10.2 Å². The molecule has 2 heterocycles. The van der Waals surface area contributed by atoms with Crippen LogP contribution in [-0.4, -0.2) is 47.2 Å². The molecule has 0 saturated carbocycles. The highest BCUT2D eigenvalue weighted by molar-refractivity contribution is 7.16. The Balaban J connectivity index is 1.55. The van der Waals surface area contributed by atoms with Crippen LogP contribution in [0.15, 0.2) is 46.8 Å². The van der Waals surface area contributed by atoms with Crippen molar-refractivity contribution in [1.29, 1.82) is 0 Å². The molecule has 7 nitrogen and oxygen atoms in total. The van der Waals surface area contributed by atoms with Crippen LogP contribution in [0.25, 0.3) is 10.4 Å². The lowest BCUT2D eigenvalue weighted by molar-refractivity contribution is 0.0525. The first kappa shape index (κ1) is 31.2. The highest BCUT2D eigenvalue weighted by Gasteiger charge is 2.19. The summed E-state index contributed by atoms with van der Waals surface area (Å²) >= 11 is 2.59. The number of rotatable bonds is 10. The van der Waals surface area contributed by atoms with Crippen molar-refractivity contribution in [1.82, 2.24) is 5.32 Å². The van der Waals surface area contributed by atoms with E-state index < -0.39 is 11.7 Å². The maximum Gasteiger partial charge on any atom is 0.407 e. The van der Waals surface area contributed by atoms with Crippen molar-refractivity contribution in [2.45, 2.75) is 72.3 Å². The van der Waals surface area contributed by atoms with E-state index in [1.165, 1.54) is 16.9 Å². The fourth-order valence-electron chi connectivity index (χ4n) is 3.80. The van der Waals surface area contributed by atoms with Crippen molar-refractivity contribution in [2.24, 2.45) is 4.99 Å². The molecule has 0 fully saturated rings. The Bertz CT molecular complexity index is 1390. The van der Waals surface area contributed by atoms with Crippen molar-refractivity contribution in [3.05, 3.63) is 62.7 Å². The first-order valence-corrected chi connectivity index (χ1v) is 14.9. The second-order valence-corrected chi connectivity index (χ2v) is 13.6. The minimum Gasteiger partial charge on any atom is -0.506 e. The molecule has 0 saturated heterocycles. The number of hydrogen-bond donors (Lipinski definition) is 2. The van der Waals surface area contributed by atoms with Gasteiger partial charge in [0.05, 0.1) is 14.6 Å². The number of amides is 1. The summed E-state index contributed by atoms with van der Waals surface area (Å²) in [5.74, 6) is -0.115. The minimum absolute atomic E-state index is 0.0499. The van der Waals surface area contributed by atoms with E-state index in [2.05, 4.69) is 43.2 Å². The van der Waals surface area contributed by atoms with Crippen LogP contribution >= 0.6 is 22.7 Å². The Morgan fingerprint density at radius 2 is 1.57 bits per heavy atom. The number of ketones is 2. The molecule has 9 heteroatoms. The lowest BCUT2D eigenvalue weighted by Gasteiger charge is -2.19. The van der Waals surface area contributed by atoms with Gasteiger partial charge in [0.1, 0.15) is 17.9 Å². The number of carbonyl (C=O) groups excluding carboxylic acids is 3. The van der Waals surface area contributed by atoms with Crippen molar-refractivity contribution in [3.8, 4) is 16.2 Å². The number of nitrogens with one attached hydrogen (secondary N) is 1. The maximum absolute atomic E-state index is 12.8. The molecule has 2 N–H and O–H groups in total. The van der Waals surface area contributed by atoms with E-state index in [-0.39, 0.29) is 35.7 Å². The Labute approximate surface area is 244 Å². The number of thiophene rings is 2. The number of benzene rings is 1. The van der Waals surface area contributed by atoms with Crippen molar-refractivity contribution in [2.75, 3.05) is 13.1 Å². The summed E-state index contributed by atoms with van der Waals surface area (Å²) in [6.45, 7) is 13.9. The van der Waals surface area contributed by atoms with Crippen LogP contribution in [0.4, 0.5) is 4.79 Å². The van der Waals surface area contributed by atoms with Crippen LogP contribution in [0.3, 0.4) is 0 Å². The SMILES string of the molecule is CC(=NCC(=O)c1ccc(C(=O)CCCNC(=O)OC(C)(C)C)s1)c1csc(-c2ccc(C(C)(C)C)cc2)c1O. The summed E-state index contributed by atoms with van der Waals surface area (Å²) in [6.07, 6.45) is 0.205. The molecule has 0 bridgehead atoms. The van der Waals surface area contributed by atoms with Gasteiger partial charge in [-0.3, -0.25) is 14.6 Å². The lowest BCUT2D eigenvalue weighted by atomic mass is 9.86. The zero-order chi connectivity index (χ0) is 29.7. The van der Waals surface area contributed by atoms with Crippen LogP contribution in [0.5, 0.6) is 5.75 Å². The van der Waals surface area contributed by atoms with E-state index in [1.54, 1.807) is 39.8 Å². The molecule has 0 atom stereocenters. The second kappa shape index (κ2) is 12.9. The molecule has 3 rings (SSSR count). The van der Waals surface area contributed by atoms with Gasteiger partial charge in [0.2, 0.25) is 0 Å². The van der Waals surface area contributed by atoms with Crippen molar-refractivity contribution >= 4 is 46.0 Å². The Hall–Kier alpha value is -3.30. The number of carbonyl (C=O) groups is 3. The Morgan fingerprint density at radius 1 is 0.950 bits per heavy atom. The summed E-state index contributed by atoms with van der Waals surface area (Å²) in [5, 5.41) is 15.4. The zero-order valence-electron chi connectivity index (χ0n) is 24.2. The van der Waals surface area contributed by atoms with Gasteiger partial charge in [-0.15, -0.1) is 22.7 Å². The number of ether oxygens (including phenoxy) is 1. The van der Waals surface area contributed by atoms with Gasteiger partial charge in [-0.1, -0.05) is 45.0 Å². The molecule has 0 unspecified atom stereocenters. The monoisotopic (exact) mass is 582 g/mol. The van der Waals surface area contributed by atoms with Crippen LogP contribution in [0.1, 0.15) is 91.8 Å². The number of alkyl carbamates (subject to hydrolysis) is 1. The largest absolute Gasteiger partial charge is 0.506 e. The van der Waals surface area contributed by atoms with E-state index in [0.717, 1.165) is 21.8 Å². The third-order valence-electron chi connectivity index (χ3n) is 6.03. The molecular weight excluding hydrogens is 544 g/mol. The molecule has 0 aliphatic rings. The molecule has 0 radical (unpaired) electrons. The van der Waals surface area contributed by atoms with Crippen LogP contribution < -0.4 is 5.32 Å². The van der Waals surface area contributed by atoms with Gasteiger partial charge < -0.3 is 15.2 Å². The second-order valence-electron chi connectivity index (χ2n) is 11.6. The summed E-state index contributed by atoms with van der Waals surface area (Å²) in [6, 6.07) is 11.5. The predicted molar refractivity (Wildman–Crippen MR) is 164 cm³/mol. The van der Waals surface area contributed by atoms with Gasteiger partial charge in [-0.2, -0.15) is 0 Å². The normalized spacial score (nSPS) is 12.3. The molecule has 1 aromatic carbocycles. The third-order valence-corrected chi connectivity index (χ3v) is 8.22. The molecule has 40 heavy (non-hydrogen) atoms. The molecule has 3 aromatic rings. The highest BCUT2D eigenvalue weighted by atomic mass is 32.1. The Kier molecular flexibility index (Phi) is 10.1. The average Bonchev–Trinajstić information content (AvgIpc) is 3.51. The molecular formula is C31H38N2O5S2. The number of aromatic hydroxyl groups is 1. The highest BCUT2D eigenvalue weighted by Crippen LogP contribution is 2.39. The molecule has 0 aliphatic heterocycles. The zero-order valence-corrected chi connectivity index (χ0v) is 25.8. The third kappa shape index (κ3) is 8.60. The van der Waals surface area contributed by atoms with Crippen molar-refractivity contribution < 1.29 is 24.2 Å². The van der Waals surface area contributed by atoms with E-state index in [0.29, 0.717) is 34.0 Å². The minimum atomic E-state index is -0.575. The van der Waals surface area contributed by atoms with Gasteiger partial charge in [0.25, 0.3) is 0 Å². The van der Waals surface area contributed by atoms with E-state index in [1.807, 2.05) is 17.5 Å². The van der Waals surface area contributed by atoms with E-state index in [4.69, 9.17) is 4.74 Å². The fraction of sp³-hybridized carbons (Fsp3) is 0.419. The fourth-order valence-corrected chi connectivity index (χ4v) is 5.72. The number of Topliss-reactive ketones (excluding diaryl/α,β-unsaturated/α-hetero) is 2. The van der Waals surface area contributed by atoms with Gasteiger partial charge in [0.15, 0.2) is 11.6 Å². The van der Waals surface area contributed by atoms with Crippen LogP contribution in [0, 0.1) is 0 Å². The van der Waals surface area contributed by atoms with Crippen LogP contribution in [0.2, 0.25) is 0 Å². The molecule has 214 valence electrons. The quantitative estimate of drug-likeness (QED) is 0.145. The van der Waals surface area contributed by atoms with Gasteiger partial charge in [-0.25, -0.2) is 4.79 Å². The van der Waals surface area contributed by atoms with E-state index >= 15 is 0 Å². The van der Waals surface area contributed by atoms with Crippen molar-refractivity contribution in [3.63, 3.8) is 0 Å². The topological polar surface area (TPSA) is 105 Å². The Morgan fingerprint density at radius 3 is 2.17 bits per heavy atom. The van der Waals surface area contributed by atoms with Gasteiger partial charge >= 0.3 is 6.09 Å². The molecule has 2 aromatic heterocycles. The summed E-state index contributed by atoms with van der Waals surface area (Å²) < 4.78 is 5.17. The molecule has 1 amide bonds. The average molecular weight is 583 g/mol. The summed E-state index contributed by atoms with van der Waals surface area (Å²) in [5.41, 5.74) is 2.81. The number of aliphatic imine (C=N–C) groups is 1. The first-order valence-electron chi connectivity index (χ1n) is 13.2. The lowest BCUT2D eigenvalue weighted by Crippen LogP contribution is -2.33. The molecule has 0 aliphatic carbocycles.